The second kappa shape index (κ2) is 8.81. The Morgan fingerprint density at radius 1 is 1.00 bits per heavy atom. The summed E-state index contributed by atoms with van der Waals surface area (Å²) >= 11 is 5.98. The Morgan fingerprint density at radius 2 is 1.71 bits per heavy atom. The number of hydrogen-bond acceptors (Lipinski definition) is 6. The summed E-state index contributed by atoms with van der Waals surface area (Å²) in [6, 6.07) is 16.8. The highest BCUT2D eigenvalue weighted by Crippen LogP contribution is 2.53. The number of carbonyl (C=O) groups excluding carboxylic acids is 3. The molecule has 3 aliphatic rings. The number of benzene rings is 3. The summed E-state index contributed by atoms with van der Waals surface area (Å²) in [6.45, 7) is 1.62. The Labute approximate surface area is 222 Å². The van der Waals surface area contributed by atoms with E-state index in [-0.39, 0.29) is 11.4 Å². The van der Waals surface area contributed by atoms with Gasteiger partial charge in [-0.3, -0.25) is 24.5 Å². The number of nitro groups is 1. The Bertz CT molecular complexity index is 1550. The Hall–Kier alpha value is -4.50. The summed E-state index contributed by atoms with van der Waals surface area (Å²) in [4.78, 5) is 55.2. The lowest BCUT2D eigenvalue weighted by atomic mass is 9.84. The standard InChI is InChI=1S/C28H21ClN4O5/c1-15-14-19(33(37)38)10-11-21(15)32-27(35)22-23(28(32)36)25(26(34)30-18-8-6-17(29)7-9-18)31-13-12-16-4-2-3-5-20(16)24(22)31/h2-14,22-25H,1H3,(H,30,34)/t22-,23+,24?,25-/m0/s1. The normalized spacial score (nSPS) is 23.2. The smallest absolute Gasteiger partial charge is 0.269 e. The van der Waals surface area contributed by atoms with E-state index >= 15 is 0 Å². The SMILES string of the molecule is Cc1cc([N+](=O)[O-])ccc1N1C(=O)[C@@H]2[C@H](C1=O)C1c3ccccc3C=CN1[C@@H]2C(=O)Nc1ccc(Cl)cc1. The molecule has 190 valence electrons. The summed E-state index contributed by atoms with van der Waals surface area (Å²) in [7, 11) is 0. The summed E-state index contributed by atoms with van der Waals surface area (Å²) in [5.74, 6) is -3.13. The second-order valence-electron chi connectivity index (χ2n) is 9.57. The fraction of sp³-hybridized carbons (Fsp3) is 0.179. The Morgan fingerprint density at radius 3 is 2.42 bits per heavy atom. The third-order valence-electron chi connectivity index (χ3n) is 7.47. The van der Waals surface area contributed by atoms with Crippen molar-refractivity contribution in [1.82, 2.24) is 4.90 Å². The molecular weight excluding hydrogens is 508 g/mol. The van der Waals surface area contributed by atoms with Crippen LogP contribution in [0.15, 0.2) is 72.9 Å². The molecule has 0 bridgehead atoms. The molecule has 2 fully saturated rings. The van der Waals surface area contributed by atoms with Gasteiger partial charge in [0, 0.05) is 29.0 Å². The van der Waals surface area contributed by atoms with Gasteiger partial charge in [-0.25, -0.2) is 4.90 Å². The molecule has 1 N–H and O–H groups in total. The van der Waals surface area contributed by atoms with E-state index in [0.717, 1.165) is 16.0 Å². The summed E-state index contributed by atoms with van der Waals surface area (Å²) < 4.78 is 0. The van der Waals surface area contributed by atoms with Gasteiger partial charge in [0.1, 0.15) is 6.04 Å². The van der Waals surface area contributed by atoms with Gasteiger partial charge in [0.15, 0.2) is 0 Å². The van der Waals surface area contributed by atoms with Crippen LogP contribution in [0.3, 0.4) is 0 Å². The number of fused-ring (bicyclic) bond motifs is 5. The van der Waals surface area contributed by atoms with E-state index in [9.17, 15) is 24.5 Å². The maximum atomic E-state index is 14.0. The zero-order valence-electron chi connectivity index (χ0n) is 20.1. The highest BCUT2D eigenvalue weighted by atomic mass is 35.5. The van der Waals surface area contributed by atoms with Crippen LogP contribution in [0.1, 0.15) is 22.7 Å². The molecule has 10 heteroatoms. The Balaban J connectivity index is 1.43. The quantitative estimate of drug-likeness (QED) is 0.298. The van der Waals surface area contributed by atoms with Gasteiger partial charge < -0.3 is 10.2 Å². The average Bonchev–Trinajstić information content (AvgIpc) is 3.38. The summed E-state index contributed by atoms with van der Waals surface area (Å²) in [6.07, 6.45) is 3.65. The van der Waals surface area contributed by atoms with Crippen molar-refractivity contribution >= 4 is 52.5 Å². The largest absolute Gasteiger partial charge is 0.357 e. The highest BCUT2D eigenvalue weighted by Gasteiger charge is 2.64. The van der Waals surface area contributed by atoms with E-state index in [0.29, 0.717) is 16.3 Å². The van der Waals surface area contributed by atoms with E-state index in [2.05, 4.69) is 5.32 Å². The minimum Gasteiger partial charge on any atom is -0.357 e. The number of halogens is 1. The molecule has 0 aromatic heterocycles. The van der Waals surface area contributed by atoms with Crippen molar-refractivity contribution in [1.29, 1.82) is 0 Å². The molecule has 38 heavy (non-hydrogen) atoms. The van der Waals surface area contributed by atoms with E-state index in [1.165, 1.54) is 18.2 Å². The first-order valence-corrected chi connectivity index (χ1v) is 12.4. The highest BCUT2D eigenvalue weighted by molar-refractivity contribution is 6.30. The minimum absolute atomic E-state index is 0.136. The second-order valence-corrected chi connectivity index (χ2v) is 10.0. The molecule has 3 aliphatic heterocycles. The van der Waals surface area contributed by atoms with Crippen LogP contribution >= 0.6 is 11.6 Å². The molecule has 0 spiro atoms. The number of rotatable bonds is 4. The number of hydrogen-bond donors (Lipinski definition) is 1. The first-order valence-electron chi connectivity index (χ1n) is 12.0. The predicted molar refractivity (Wildman–Crippen MR) is 141 cm³/mol. The first kappa shape index (κ1) is 23.9. The minimum atomic E-state index is -0.954. The number of non-ortho nitro benzene ring substituents is 1. The molecule has 6 rings (SSSR count). The number of imide groups is 1. The van der Waals surface area contributed by atoms with Crippen LogP contribution in [-0.4, -0.2) is 33.6 Å². The van der Waals surface area contributed by atoms with Gasteiger partial charge >= 0.3 is 0 Å². The van der Waals surface area contributed by atoms with Gasteiger partial charge in [-0.05, 0) is 60.0 Å². The zero-order valence-corrected chi connectivity index (χ0v) is 20.8. The number of nitro benzene ring substituents is 1. The van der Waals surface area contributed by atoms with Crippen molar-refractivity contribution in [2.45, 2.75) is 19.0 Å². The van der Waals surface area contributed by atoms with Gasteiger partial charge in [-0.2, -0.15) is 0 Å². The molecular formula is C28H21ClN4O5. The van der Waals surface area contributed by atoms with E-state index in [1.54, 1.807) is 42.3 Å². The van der Waals surface area contributed by atoms with Gasteiger partial charge in [0.2, 0.25) is 17.7 Å². The number of nitrogens with one attached hydrogen (secondary N) is 1. The van der Waals surface area contributed by atoms with Gasteiger partial charge in [-0.1, -0.05) is 35.9 Å². The molecule has 9 nitrogen and oxygen atoms in total. The molecule has 4 atom stereocenters. The molecule has 3 aromatic carbocycles. The van der Waals surface area contributed by atoms with Crippen molar-refractivity contribution < 1.29 is 19.3 Å². The van der Waals surface area contributed by atoms with Crippen LogP contribution in [0.25, 0.3) is 6.08 Å². The van der Waals surface area contributed by atoms with Crippen molar-refractivity contribution in [2.75, 3.05) is 10.2 Å². The molecule has 0 saturated carbocycles. The monoisotopic (exact) mass is 528 g/mol. The van der Waals surface area contributed by atoms with E-state index < -0.39 is 46.6 Å². The lowest BCUT2D eigenvalue weighted by Gasteiger charge is -2.35. The van der Waals surface area contributed by atoms with E-state index in [4.69, 9.17) is 11.6 Å². The topological polar surface area (TPSA) is 113 Å². The average molecular weight is 529 g/mol. The molecule has 0 radical (unpaired) electrons. The van der Waals surface area contributed by atoms with Crippen LogP contribution in [0.5, 0.6) is 0 Å². The summed E-state index contributed by atoms with van der Waals surface area (Å²) in [5, 5.41) is 14.6. The number of nitrogens with zero attached hydrogens (tertiary/aromatic N) is 3. The lowest BCUT2D eigenvalue weighted by molar-refractivity contribution is -0.384. The fourth-order valence-corrected chi connectivity index (χ4v) is 5.97. The van der Waals surface area contributed by atoms with Crippen molar-refractivity contribution in [3.63, 3.8) is 0 Å². The first-order chi connectivity index (χ1) is 18.3. The van der Waals surface area contributed by atoms with Gasteiger partial charge in [0.25, 0.3) is 5.69 Å². The fourth-order valence-electron chi connectivity index (χ4n) is 5.85. The third kappa shape index (κ3) is 3.58. The molecule has 0 aliphatic carbocycles. The maximum absolute atomic E-state index is 14.0. The van der Waals surface area contributed by atoms with Crippen LogP contribution in [0.4, 0.5) is 17.1 Å². The third-order valence-corrected chi connectivity index (χ3v) is 7.73. The van der Waals surface area contributed by atoms with Gasteiger partial charge in [0.05, 0.1) is 28.5 Å². The molecule has 3 heterocycles. The molecule has 1 unspecified atom stereocenters. The molecule has 3 amide bonds. The molecule has 2 saturated heterocycles. The Kier molecular flexibility index (Phi) is 5.53. The number of amides is 3. The predicted octanol–water partition coefficient (Wildman–Crippen LogP) is 4.71. The number of anilines is 2. The van der Waals surface area contributed by atoms with E-state index in [1.807, 2.05) is 30.3 Å². The van der Waals surface area contributed by atoms with Crippen molar-refractivity contribution in [3.05, 3.63) is 105 Å². The number of aryl methyl sites for hydroxylation is 1. The summed E-state index contributed by atoms with van der Waals surface area (Å²) in [5.41, 5.74) is 2.85. The van der Waals surface area contributed by atoms with Crippen molar-refractivity contribution in [3.8, 4) is 0 Å². The van der Waals surface area contributed by atoms with Crippen LogP contribution in [-0.2, 0) is 14.4 Å². The number of carbonyl (C=O) groups is 3. The lowest BCUT2D eigenvalue weighted by Crippen LogP contribution is -2.46. The zero-order chi connectivity index (χ0) is 26.7. The van der Waals surface area contributed by atoms with Gasteiger partial charge in [-0.15, -0.1) is 0 Å². The van der Waals surface area contributed by atoms with Crippen molar-refractivity contribution in [2.24, 2.45) is 11.8 Å². The van der Waals surface area contributed by atoms with Crippen LogP contribution in [0, 0.1) is 28.9 Å². The molecule has 3 aromatic rings. The van der Waals surface area contributed by atoms with Crippen LogP contribution in [0.2, 0.25) is 5.02 Å². The maximum Gasteiger partial charge on any atom is 0.269 e. The van der Waals surface area contributed by atoms with Crippen LogP contribution < -0.4 is 10.2 Å².